The van der Waals surface area contributed by atoms with Crippen molar-refractivity contribution in [1.29, 1.82) is 5.41 Å². The Bertz CT molecular complexity index is 601. The number of hydrogen-bond acceptors (Lipinski definition) is 3. The van der Waals surface area contributed by atoms with Gasteiger partial charge in [0, 0.05) is 30.9 Å². The van der Waals surface area contributed by atoms with Gasteiger partial charge in [-0.1, -0.05) is 25.1 Å². The fourth-order valence-corrected chi connectivity index (χ4v) is 2.44. The van der Waals surface area contributed by atoms with E-state index in [9.17, 15) is 0 Å². The molecule has 0 aliphatic carbocycles. The SMILES string of the molecule is CCn1nc(CN(C)CC(C)C(=N)N)c2ccccc21. The second-order valence-electron chi connectivity index (χ2n) is 5.33. The molecule has 0 saturated carbocycles. The first-order valence-electron chi connectivity index (χ1n) is 6.99. The van der Waals surface area contributed by atoms with Gasteiger partial charge in [0.25, 0.3) is 0 Å². The summed E-state index contributed by atoms with van der Waals surface area (Å²) in [6.07, 6.45) is 0. The molecular weight excluding hydrogens is 250 g/mol. The Labute approximate surface area is 119 Å². The van der Waals surface area contributed by atoms with Crippen molar-refractivity contribution in [2.75, 3.05) is 13.6 Å². The number of benzene rings is 1. The van der Waals surface area contributed by atoms with Gasteiger partial charge in [-0.3, -0.25) is 15.0 Å². The largest absolute Gasteiger partial charge is 0.387 e. The monoisotopic (exact) mass is 273 g/mol. The van der Waals surface area contributed by atoms with Gasteiger partial charge in [-0.05, 0) is 20.0 Å². The molecule has 1 heterocycles. The molecule has 2 rings (SSSR count). The Morgan fingerprint density at radius 2 is 2.15 bits per heavy atom. The number of nitrogens with two attached hydrogens (primary N) is 1. The van der Waals surface area contributed by atoms with Gasteiger partial charge in [0.15, 0.2) is 0 Å². The van der Waals surface area contributed by atoms with Crippen LogP contribution in [0.25, 0.3) is 10.9 Å². The number of para-hydroxylation sites is 1. The molecule has 0 fully saturated rings. The molecule has 0 spiro atoms. The van der Waals surface area contributed by atoms with Crippen LogP contribution in [0.4, 0.5) is 0 Å². The lowest BCUT2D eigenvalue weighted by atomic mass is 10.1. The van der Waals surface area contributed by atoms with Gasteiger partial charge < -0.3 is 5.73 Å². The van der Waals surface area contributed by atoms with Crippen LogP contribution in [-0.4, -0.2) is 34.1 Å². The quantitative estimate of drug-likeness (QED) is 0.625. The van der Waals surface area contributed by atoms with Gasteiger partial charge in [-0.2, -0.15) is 5.10 Å². The zero-order chi connectivity index (χ0) is 14.7. The molecule has 0 aliphatic rings. The van der Waals surface area contributed by atoms with E-state index in [1.807, 2.05) is 30.8 Å². The van der Waals surface area contributed by atoms with E-state index >= 15 is 0 Å². The molecule has 0 amide bonds. The molecule has 108 valence electrons. The number of aromatic nitrogens is 2. The van der Waals surface area contributed by atoms with Gasteiger partial charge >= 0.3 is 0 Å². The van der Waals surface area contributed by atoms with Gasteiger partial charge in [-0.25, -0.2) is 0 Å². The van der Waals surface area contributed by atoms with Crippen LogP contribution >= 0.6 is 0 Å². The van der Waals surface area contributed by atoms with Gasteiger partial charge in [0.1, 0.15) is 0 Å². The number of fused-ring (bicyclic) bond motifs is 1. The molecule has 0 radical (unpaired) electrons. The van der Waals surface area contributed by atoms with Crippen LogP contribution in [-0.2, 0) is 13.1 Å². The second-order valence-corrected chi connectivity index (χ2v) is 5.33. The predicted octanol–water partition coefficient (Wildman–Crippen LogP) is 2.06. The summed E-state index contributed by atoms with van der Waals surface area (Å²) in [6, 6.07) is 8.31. The summed E-state index contributed by atoms with van der Waals surface area (Å²) in [6.45, 7) is 6.48. The maximum Gasteiger partial charge on any atom is 0.0947 e. The van der Waals surface area contributed by atoms with E-state index in [2.05, 4.69) is 24.0 Å². The third-order valence-corrected chi connectivity index (χ3v) is 3.57. The van der Waals surface area contributed by atoms with E-state index in [0.29, 0.717) is 0 Å². The highest BCUT2D eigenvalue weighted by atomic mass is 15.3. The van der Waals surface area contributed by atoms with Crippen molar-refractivity contribution in [2.24, 2.45) is 11.7 Å². The lowest BCUT2D eigenvalue weighted by molar-refractivity contribution is 0.302. The minimum atomic E-state index is 0.0690. The highest BCUT2D eigenvalue weighted by Crippen LogP contribution is 2.19. The van der Waals surface area contributed by atoms with Crippen LogP contribution in [0, 0.1) is 11.3 Å². The molecule has 0 bridgehead atoms. The van der Waals surface area contributed by atoms with E-state index < -0.39 is 0 Å². The molecule has 1 unspecified atom stereocenters. The summed E-state index contributed by atoms with van der Waals surface area (Å²) >= 11 is 0. The Balaban J connectivity index is 2.19. The van der Waals surface area contributed by atoms with Crippen LogP contribution in [0.5, 0.6) is 0 Å². The Hall–Kier alpha value is -1.88. The third-order valence-electron chi connectivity index (χ3n) is 3.57. The molecule has 0 saturated heterocycles. The van der Waals surface area contributed by atoms with Crippen molar-refractivity contribution in [3.05, 3.63) is 30.0 Å². The summed E-state index contributed by atoms with van der Waals surface area (Å²) in [5, 5.41) is 13.4. The van der Waals surface area contributed by atoms with Crippen molar-refractivity contribution in [3.8, 4) is 0 Å². The molecule has 5 heteroatoms. The topological polar surface area (TPSA) is 70.9 Å². The average molecular weight is 273 g/mol. The van der Waals surface area contributed by atoms with Crippen LogP contribution in [0.2, 0.25) is 0 Å². The van der Waals surface area contributed by atoms with Crippen LogP contribution < -0.4 is 5.73 Å². The Morgan fingerprint density at radius 3 is 2.80 bits per heavy atom. The summed E-state index contributed by atoms with van der Waals surface area (Å²) < 4.78 is 2.03. The van der Waals surface area contributed by atoms with Crippen molar-refractivity contribution < 1.29 is 0 Å². The molecule has 1 aromatic carbocycles. The standard InChI is InChI=1S/C15H23N5/c1-4-20-14-8-6-5-7-12(14)13(18-20)10-19(3)9-11(2)15(16)17/h5-8,11H,4,9-10H2,1-3H3,(H3,16,17). The fourth-order valence-electron chi connectivity index (χ4n) is 2.44. The van der Waals surface area contributed by atoms with Crippen molar-refractivity contribution in [1.82, 2.24) is 14.7 Å². The average Bonchev–Trinajstić information content (AvgIpc) is 2.77. The summed E-state index contributed by atoms with van der Waals surface area (Å²) in [4.78, 5) is 2.17. The number of hydrogen-bond donors (Lipinski definition) is 2. The van der Waals surface area contributed by atoms with Gasteiger partial charge in [-0.15, -0.1) is 0 Å². The second kappa shape index (κ2) is 6.05. The molecule has 0 aliphatic heterocycles. The summed E-state index contributed by atoms with van der Waals surface area (Å²) in [5.74, 6) is 0.306. The number of amidine groups is 1. The number of aryl methyl sites for hydroxylation is 1. The summed E-state index contributed by atoms with van der Waals surface area (Å²) in [7, 11) is 2.04. The highest BCUT2D eigenvalue weighted by Gasteiger charge is 2.14. The molecule has 20 heavy (non-hydrogen) atoms. The number of rotatable bonds is 6. The Morgan fingerprint density at radius 1 is 1.45 bits per heavy atom. The molecule has 1 atom stereocenters. The molecule has 2 aromatic rings. The van der Waals surface area contributed by atoms with Gasteiger partial charge in [0.05, 0.1) is 17.0 Å². The van der Waals surface area contributed by atoms with Crippen LogP contribution in [0.15, 0.2) is 24.3 Å². The number of nitrogens with zero attached hydrogens (tertiary/aromatic N) is 3. The van der Waals surface area contributed by atoms with Crippen molar-refractivity contribution in [3.63, 3.8) is 0 Å². The fraction of sp³-hybridized carbons (Fsp3) is 0.467. The zero-order valence-corrected chi connectivity index (χ0v) is 12.4. The minimum absolute atomic E-state index is 0.0690. The van der Waals surface area contributed by atoms with Crippen molar-refractivity contribution in [2.45, 2.75) is 26.9 Å². The minimum Gasteiger partial charge on any atom is -0.387 e. The molecule has 5 nitrogen and oxygen atoms in total. The van der Waals surface area contributed by atoms with E-state index in [1.165, 1.54) is 10.9 Å². The van der Waals surface area contributed by atoms with E-state index in [4.69, 9.17) is 16.2 Å². The lowest BCUT2D eigenvalue weighted by Crippen LogP contribution is -2.31. The maximum absolute atomic E-state index is 7.47. The van der Waals surface area contributed by atoms with Crippen molar-refractivity contribution >= 4 is 16.7 Å². The van der Waals surface area contributed by atoms with E-state index in [1.54, 1.807) is 0 Å². The molecule has 3 N–H and O–H groups in total. The summed E-state index contributed by atoms with van der Waals surface area (Å²) in [5.41, 5.74) is 7.79. The van der Waals surface area contributed by atoms with E-state index in [0.717, 1.165) is 25.3 Å². The maximum atomic E-state index is 7.47. The third kappa shape index (κ3) is 2.99. The molecular formula is C15H23N5. The van der Waals surface area contributed by atoms with Gasteiger partial charge in [0.2, 0.25) is 0 Å². The first kappa shape index (κ1) is 14.5. The lowest BCUT2D eigenvalue weighted by Gasteiger charge is -2.19. The Kier molecular flexibility index (Phi) is 4.39. The normalized spacial score (nSPS) is 13.0. The zero-order valence-electron chi connectivity index (χ0n) is 12.4. The molecule has 1 aromatic heterocycles. The first-order valence-corrected chi connectivity index (χ1v) is 6.99. The number of nitrogens with one attached hydrogen (secondary N) is 1. The van der Waals surface area contributed by atoms with E-state index in [-0.39, 0.29) is 11.8 Å². The predicted molar refractivity (Wildman–Crippen MR) is 82.8 cm³/mol. The smallest absolute Gasteiger partial charge is 0.0947 e. The first-order chi connectivity index (χ1) is 9.52. The highest BCUT2D eigenvalue weighted by molar-refractivity contribution is 5.82. The van der Waals surface area contributed by atoms with Crippen LogP contribution in [0.1, 0.15) is 19.5 Å². The van der Waals surface area contributed by atoms with Crippen LogP contribution in [0.3, 0.4) is 0 Å².